The molecule has 2 aromatic heterocycles. The second-order valence-electron chi connectivity index (χ2n) is 7.90. The number of halogens is 1. The van der Waals surface area contributed by atoms with Crippen molar-refractivity contribution in [1.29, 1.82) is 0 Å². The van der Waals surface area contributed by atoms with E-state index in [4.69, 9.17) is 4.74 Å². The first-order valence-electron chi connectivity index (χ1n) is 10.5. The van der Waals surface area contributed by atoms with E-state index in [1.54, 1.807) is 42.7 Å². The summed E-state index contributed by atoms with van der Waals surface area (Å²) in [6.45, 7) is 6.25. The molecule has 7 nitrogen and oxygen atoms in total. The maximum absolute atomic E-state index is 13.2. The minimum absolute atomic E-state index is 0. The third-order valence-corrected chi connectivity index (χ3v) is 5.17. The molecule has 4 aromatic rings. The minimum atomic E-state index is -0.430. The molecule has 0 aliphatic carbocycles. The van der Waals surface area contributed by atoms with E-state index < -0.39 is 5.91 Å². The zero-order valence-corrected chi connectivity index (χ0v) is 19.4. The Morgan fingerprint density at radius 1 is 1.15 bits per heavy atom. The molecular weight excluding hydrogens is 440 g/mol. The SMILES string of the molecule is Cc1ccc(OCc2nc3ccccc3c(=O)n2NC(=O)c2ccc[nH+]c2)c(C(C)C)c1.[Cl-]. The highest BCUT2D eigenvalue weighted by atomic mass is 35.5. The van der Waals surface area contributed by atoms with Crippen LogP contribution in [0.25, 0.3) is 10.9 Å². The number of aryl methyl sites for hydroxylation is 1. The Balaban J connectivity index is 0.00000306. The molecule has 2 N–H and O–H groups in total. The second kappa shape index (κ2) is 10.3. The predicted octanol–water partition coefficient (Wildman–Crippen LogP) is 0.609. The number of carbonyl (C=O) groups excluding carboxylic acids is 1. The molecule has 1 amide bonds. The predicted molar refractivity (Wildman–Crippen MR) is 122 cm³/mol. The van der Waals surface area contributed by atoms with Crippen molar-refractivity contribution in [2.75, 3.05) is 5.43 Å². The number of para-hydroxylation sites is 1. The highest BCUT2D eigenvalue weighted by Crippen LogP contribution is 2.28. The molecule has 170 valence electrons. The number of pyridine rings is 1. The lowest BCUT2D eigenvalue weighted by atomic mass is 10.00. The van der Waals surface area contributed by atoms with Crippen molar-refractivity contribution in [3.8, 4) is 5.75 Å². The Labute approximate surface area is 197 Å². The fourth-order valence-corrected chi connectivity index (χ4v) is 3.48. The molecule has 0 fully saturated rings. The summed E-state index contributed by atoms with van der Waals surface area (Å²) in [6, 6.07) is 16.4. The molecule has 0 saturated heterocycles. The van der Waals surface area contributed by atoms with E-state index in [9.17, 15) is 9.59 Å². The van der Waals surface area contributed by atoms with Gasteiger partial charge < -0.3 is 17.1 Å². The summed E-state index contributed by atoms with van der Waals surface area (Å²) in [5, 5.41) is 0.411. The number of amides is 1. The third kappa shape index (κ3) is 5.21. The van der Waals surface area contributed by atoms with Crippen LogP contribution in [0.15, 0.2) is 71.8 Å². The van der Waals surface area contributed by atoms with Crippen molar-refractivity contribution < 1.29 is 26.9 Å². The fourth-order valence-electron chi connectivity index (χ4n) is 3.48. The van der Waals surface area contributed by atoms with E-state index in [1.165, 1.54) is 4.68 Å². The largest absolute Gasteiger partial charge is 1.00 e. The molecule has 0 bridgehead atoms. The standard InChI is InChI=1S/C25H24N4O3.ClH/c1-16(2)20-13-17(3)10-11-22(20)32-15-23-27-21-9-5-4-8-19(21)25(31)29(23)28-24(30)18-7-6-12-26-14-18;/h4-14,16H,15H2,1-3H3,(H,28,30);1H. The lowest BCUT2D eigenvalue weighted by Crippen LogP contribution is -3.00. The van der Waals surface area contributed by atoms with Crippen LogP contribution < -0.4 is 33.1 Å². The quantitative estimate of drug-likeness (QED) is 0.453. The van der Waals surface area contributed by atoms with E-state index in [1.807, 2.05) is 25.1 Å². The first kappa shape index (κ1) is 23.9. The van der Waals surface area contributed by atoms with Gasteiger partial charge in [0.15, 0.2) is 18.2 Å². The third-order valence-electron chi connectivity index (χ3n) is 5.17. The van der Waals surface area contributed by atoms with Crippen LogP contribution in [0.3, 0.4) is 0 Å². The second-order valence-corrected chi connectivity index (χ2v) is 7.90. The molecule has 4 rings (SSSR count). The minimum Gasteiger partial charge on any atom is -1.00 e. The Hall–Kier alpha value is -3.71. The van der Waals surface area contributed by atoms with Gasteiger partial charge in [0.1, 0.15) is 17.9 Å². The number of nitrogens with zero attached hydrogens (tertiary/aromatic N) is 2. The van der Waals surface area contributed by atoms with Gasteiger partial charge in [-0.05, 0) is 42.7 Å². The molecule has 0 spiro atoms. The Morgan fingerprint density at radius 2 is 1.94 bits per heavy atom. The Morgan fingerprint density at radius 3 is 2.67 bits per heavy atom. The monoisotopic (exact) mass is 464 g/mol. The van der Waals surface area contributed by atoms with Gasteiger partial charge >= 0.3 is 0 Å². The van der Waals surface area contributed by atoms with Gasteiger partial charge in [-0.1, -0.05) is 43.7 Å². The molecule has 0 aliphatic heterocycles. The van der Waals surface area contributed by atoms with Crippen molar-refractivity contribution >= 4 is 16.8 Å². The molecule has 33 heavy (non-hydrogen) atoms. The normalized spacial score (nSPS) is 10.7. The highest BCUT2D eigenvalue weighted by Gasteiger charge is 2.17. The van der Waals surface area contributed by atoms with Gasteiger partial charge in [0.05, 0.1) is 10.9 Å². The summed E-state index contributed by atoms with van der Waals surface area (Å²) < 4.78 is 7.26. The average molecular weight is 465 g/mol. The van der Waals surface area contributed by atoms with Crippen LogP contribution in [0.2, 0.25) is 0 Å². The zero-order valence-electron chi connectivity index (χ0n) is 18.6. The summed E-state index contributed by atoms with van der Waals surface area (Å²) in [5.41, 5.74) is 5.46. The number of rotatable bonds is 6. The maximum atomic E-state index is 13.2. The molecule has 0 radical (unpaired) electrons. The van der Waals surface area contributed by atoms with Crippen LogP contribution in [-0.4, -0.2) is 15.6 Å². The van der Waals surface area contributed by atoms with E-state index in [0.717, 1.165) is 16.9 Å². The van der Waals surface area contributed by atoms with Gasteiger partial charge in [-0.2, -0.15) is 4.68 Å². The van der Waals surface area contributed by atoms with Gasteiger partial charge in [0.2, 0.25) is 0 Å². The number of H-pyrrole nitrogens is 1. The Kier molecular flexibility index (Phi) is 7.45. The number of benzene rings is 2. The zero-order chi connectivity index (χ0) is 22.7. The van der Waals surface area contributed by atoms with Crippen LogP contribution in [-0.2, 0) is 6.61 Å². The van der Waals surface area contributed by atoms with Gasteiger partial charge in [-0.3, -0.25) is 15.0 Å². The number of aromatic nitrogens is 3. The van der Waals surface area contributed by atoms with Crippen LogP contribution in [0, 0.1) is 6.92 Å². The molecule has 0 unspecified atom stereocenters. The first-order valence-corrected chi connectivity index (χ1v) is 10.5. The van der Waals surface area contributed by atoms with E-state index in [2.05, 4.69) is 35.3 Å². The Bertz CT molecular complexity index is 1340. The molecule has 0 atom stereocenters. The number of fused-ring (bicyclic) bond motifs is 1. The van der Waals surface area contributed by atoms with Gasteiger partial charge in [0.25, 0.3) is 11.5 Å². The molecule has 2 heterocycles. The lowest BCUT2D eigenvalue weighted by molar-refractivity contribution is -0.378. The summed E-state index contributed by atoms with van der Waals surface area (Å²) in [7, 11) is 0. The number of hydrogen-bond donors (Lipinski definition) is 1. The van der Waals surface area contributed by atoms with Crippen molar-refractivity contribution in [2.45, 2.75) is 33.3 Å². The van der Waals surface area contributed by atoms with Gasteiger partial charge in [-0.25, -0.2) is 9.97 Å². The number of carbonyl (C=O) groups is 1. The summed E-state index contributed by atoms with van der Waals surface area (Å²) >= 11 is 0. The number of hydrogen-bond acceptors (Lipinski definition) is 4. The molecule has 0 saturated carbocycles. The lowest BCUT2D eigenvalue weighted by Gasteiger charge is -2.17. The fraction of sp³-hybridized carbons (Fsp3) is 0.200. The van der Waals surface area contributed by atoms with E-state index in [0.29, 0.717) is 22.3 Å². The van der Waals surface area contributed by atoms with Crippen LogP contribution >= 0.6 is 0 Å². The number of ether oxygens (including phenoxy) is 1. The molecule has 0 aliphatic rings. The topological polar surface area (TPSA) is 87.4 Å². The van der Waals surface area contributed by atoms with Crippen LogP contribution in [0.5, 0.6) is 5.75 Å². The first-order chi connectivity index (χ1) is 15.4. The summed E-state index contributed by atoms with van der Waals surface area (Å²) in [5.74, 6) is 0.868. The van der Waals surface area contributed by atoms with Crippen LogP contribution in [0.4, 0.5) is 0 Å². The van der Waals surface area contributed by atoms with Crippen LogP contribution in [0.1, 0.15) is 47.1 Å². The average Bonchev–Trinajstić information content (AvgIpc) is 2.80. The van der Waals surface area contributed by atoms with Crippen molar-refractivity contribution in [1.82, 2.24) is 9.66 Å². The smallest absolute Gasteiger partial charge is 0.280 e. The highest BCUT2D eigenvalue weighted by molar-refractivity contribution is 5.99. The van der Waals surface area contributed by atoms with Crippen molar-refractivity contribution in [2.24, 2.45) is 0 Å². The number of nitrogens with one attached hydrogen (secondary N) is 2. The van der Waals surface area contributed by atoms with E-state index in [-0.39, 0.29) is 30.5 Å². The summed E-state index contributed by atoms with van der Waals surface area (Å²) in [4.78, 5) is 33.4. The molecule has 8 heteroatoms. The molecular formula is C25H25ClN4O3. The van der Waals surface area contributed by atoms with Crippen molar-refractivity contribution in [3.63, 3.8) is 0 Å². The summed E-state index contributed by atoms with van der Waals surface area (Å²) in [6.07, 6.45) is 3.26. The van der Waals surface area contributed by atoms with E-state index >= 15 is 0 Å². The molecule has 2 aromatic carbocycles. The maximum Gasteiger partial charge on any atom is 0.280 e. The number of aromatic amines is 1. The van der Waals surface area contributed by atoms with Gasteiger partial charge in [0, 0.05) is 6.07 Å². The van der Waals surface area contributed by atoms with Crippen molar-refractivity contribution in [3.05, 3.63) is 99.9 Å². The van der Waals surface area contributed by atoms with Gasteiger partial charge in [-0.15, -0.1) is 0 Å².